The van der Waals surface area contributed by atoms with Gasteiger partial charge >= 0.3 is 5.97 Å². The largest absolute Gasteiger partial charge is 0.467 e. The molecule has 1 amide bonds. The van der Waals surface area contributed by atoms with Crippen LogP contribution < -0.4 is 4.74 Å². The second-order valence-corrected chi connectivity index (χ2v) is 8.37. The summed E-state index contributed by atoms with van der Waals surface area (Å²) in [6.07, 6.45) is 4.23. The van der Waals surface area contributed by atoms with E-state index >= 15 is 0 Å². The SMILES string of the molecule is COC(=O)[C@H](CC(C)C)N1CC(Oc2ccc(CC3=COC(C)(C)O3)cc2)=CC1=O. The zero-order chi connectivity index (χ0) is 21.9. The second-order valence-electron chi connectivity index (χ2n) is 8.37. The predicted molar refractivity (Wildman–Crippen MR) is 110 cm³/mol. The standard InChI is InChI=1S/C23H29NO6/c1-15(2)10-20(22(26)27-5)24-13-18(12-21(24)25)29-17-8-6-16(7-9-17)11-19-14-28-23(3,4)30-19/h6-9,12,14-15,20H,10-11,13H2,1-5H3/t20-/m0/s1. The van der Waals surface area contributed by atoms with E-state index in [0.29, 0.717) is 24.4 Å². The number of ether oxygens (including phenoxy) is 4. The minimum absolute atomic E-state index is 0.236. The molecule has 0 fully saturated rings. The van der Waals surface area contributed by atoms with Gasteiger partial charge in [0.1, 0.15) is 29.6 Å². The molecule has 1 aromatic rings. The van der Waals surface area contributed by atoms with Gasteiger partial charge in [-0.2, -0.15) is 0 Å². The van der Waals surface area contributed by atoms with Gasteiger partial charge in [0, 0.05) is 26.3 Å². The van der Waals surface area contributed by atoms with Crippen LogP contribution in [0.4, 0.5) is 0 Å². The van der Waals surface area contributed by atoms with E-state index in [1.165, 1.54) is 18.1 Å². The van der Waals surface area contributed by atoms with Crippen LogP contribution in [0.1, 0.15) is 39.7 Å². The summed E-state index contributed by atoms with van der Waals surface area (Å²) >= 11 is 0. The molecule has 0 radical (unpaired) electrons. The summed E-state index contributed by atoms with van der Waals surface area (Å²) in [6.45, 7) is 7.96. The molecule has 7 nitrogen and oxygen atoms in total. The van der Waals surface area contributed by atoms with Crippen molar-refractivity contribution in [3.8, 4) is 5.75 Å². The first-order valence-electron chi connectivity index (χ1n) is 10.1. The molecule has 0 aliphatic carbocycles. The molecule has 0 unspecified atom stereocenters. The number of rotatable bonds is 8. The van der Waals surface area contributed by atoms with Crippen molar-refractivity contribution in [1.82, 2.24) is 4.90 Å². The molecule has 2 heterocycles. The van der Waals surface area contributed by atoms with Crippen molar-refractivity contribution >= 4 is 11.9 Å². The molecule has 7 heteroatoms. The number of esters is 1. The third-order valence-electron chi connectivity index (χ3n) is 4.84. The van der Waals surface area contributed by atoms with Crippen LogP contribution in [0.15, 0.2) is 48.1 Å². The van der Waals surface area contributed by atoms with Gasteiger partial charge in [-0.1, -0.05) is 26.0 Å². The molecule has 1 aromatic carbocycles. The number of allylic oxidation sites excluding steroid dienone is 1. The monoisotopic (exact) mass is 415 g/mol. The second kappa shape index (κ2) is 8.81. The fraction of sp³-hybridized carbons (Fsp3) is 0.478. The summed E-state index contributed by atoms with van der Waals surface area (Å²) in [6, 6.07) is 6.95. The Kier molecular flexibility index (Phi) is 6.39. The van der Waals surface area contributed by atoms with Gasteiger partial charge in [0.05, 0.1) is 13.7 Å². The molecular weight excluding hydrogens is 386 g/mol. The summed E-state index contributed by atoms with van der Waals surface area (Å²) in [4.78, 5) is 26.1. The van der Waals surface area contributed by atoms with Crippen LogP contribution in [0.3, 0.4) is 0 Å². The van der Waals surface area contributed by atoms with Crippen molar-refractivity contribution in [2.45, 2.75) is 52.4 Å². The van der Waals surface area contributed by atoms with Gasteiger partial charge in [0.15, 0.2) is 0 Å². The van der Waals surface area contributed by atoms with E-state index in [2.05, 4.69) is 0 Å². The van der Waals surface area contributed by atoms with Crippen molar-refractivity contribution in [3.05, 3.63) is 53.7 Å². The summed E-state index contributed by atoms with van der Waals surface area (Å²) in [5.74, 6) is 0.862. The van der Waals surface area contributed by atoms with Crippen LogP contribution in [-0.4, -0.2) is 42.3 Å². The van der Waals surface area contributed by atoms with Crippen LogP contribution in [0, 0.1) is 5.92 Å². The van der Waals surface area contributed by atoms with Crippen molar-refractivity contribution in [2.75, 3.05) is 13.7 Å². The van der Waals surface area contributed by atoms with Gasteiger partial charge in [-0.15, -0.1) is 0 Å². The molecule has 0 saturated carbocycles. The number of carbonyl (C=O) groups excluding carboxylic acids is 2. The molecule has 0 spiro atoms. The highest BCUT2D eigenvalue weighted by Gasteiger charge is 2.35. The van der Waals surface area contributed by atoms with Crippen LogP contribution in [0.5, 0.6) is 5.75 Å². The number of hydrogen-bond donors (Lipinski definition) is 0. The Morgan fingerprint density at radius 2 is 1.93 bits per heavy atom. The minimum Gasteiger partial charge on any atom is -0.467 e. The molecule has 30 heavy (non-hydrogen) atoms. The molecule has 0 bridgehead atoms. The number of amides is 1. The van der Waals surface area contributed by atoms with Gasteiger partial charge in [0.2, 0.25) is 5.79 Å². The van der Waals surface area contributed by atoms with Crippen molar-refractivity contribution in [1.29, 1.82) is 0 Å². The molecular formula is C23H29NO6. The lowest BCUT2D eigenvalue weighted by Gasteiger charge is -2.27. The highest BCUT2D eigenvalue weighted by Crippen LogP contribution is 2.28. The first-order chi connectivity index (χ1) is 14.2. The van der Waals surface area contributed by atoms with Crippen molar-refractivity contribution in [2.24, 2.45) is 5.92 Å². The quantitative estimate of drug-likeness (QED) is 0.605. The van der Waals surface area contributed by atoms with E-state index in [9.17, 15) is 9.59 Å². The lowest BCUT2D eigenvalue weighted by Crippen LogP contribution is -2.44. The number of carbonyl (C=O) groups is 2. The normalized spacial score (nSPS) is 18.5. The minimum atomic E-state index is -0.622. The zero-order valence-corrected chi connectivity index (χ0v) is 18.1. The Hall–Kier alpha value is -2.96. The molecule has 2 aliphatic rings. The third kappa shape index (κ3) is 5.34. The maximum Gasteiger partial charge on any atom is 0.328 e. The topological polar surface area (TPSA) is 74.3 Å². The van der Waals surface area contributed by atoms with Gasteiger partial charge in [-0.05, 0) is 30.0 Å². The average molecular weight is 415 g/mol. The molecule has 162 valence electrons. The summed E-state index contributed by atoms with van der Waals surface area (Å²) in [5, 5.41) is 0. The van der Waals surface area contributed by atoms with Crippen molar-refractivity contribution in [3.63, 3.8) is 0 Å². The summed E-state index contributed by atoms with van der Waals surface area (Å²) in [7, 11) is 1.34. The highest BCUT2D eigenvalue weighted by atomic mass is 16.7. The van der Waals surface area contributed by atoms with Crippen LogP contribution in [0.25, 0.3) is 0 Å². The lowest BCUT2D eigenvalue weighted by molar-refractivity contribution is -0.151. The zero-order valence-electron chi connectivity index (χ0n) is 18.1. The number of hydrogen-bond acceptors (Lipinski definition) is 6. The average Bonchev–Trinajstić information content (AvgIpc) is 3.21. The Labute approximate surface area is 177 Å². The smallest absolute Gasteiger partial charge is 0.328 e. The highest BCUT2D eigenvalue weighted by molar-refractivity contribution is 5.94. The summed E-state index contributed by atoms with van der Waals surface area (Å²) in [5.41, 5.74) is 1.05. The molecule has 1 atom stereocenters. The van der Waals surface area contributed by atoms with Crippen molar-refractivity contribution < 1.29 is 28.5 Å². The Morgan fingerprint density at radius 3 is 2.50 bits per heavy atom. The first-order valence-corrected chi connectivity index (χ1v) is 10.1. The van der Waals surface area contributed by atoms with Gasteiger partial charge in [-0.3, -0.25) is 4.79 Å². The maximum atomic E-state index is 12.4. The Balaban J connectivity index is 1.59. The predicted octanol–water partition coefficient (Wildman–Crippen LogP) is 3.55. The Bertz CT molecular complexity index is 853. The maximum absolute atomic E-state index is 12.4. The van der Waals surface area contributed by atoms with E-state index in [4.69, 9.17) is 18.9 Å². The van der Waals surface area contributed by atoms with Gasteiger partial charge in [0.25, 0.3) is 5.91 Å². The first kappa shape index (κ1) is 21.7. The fourth-order valence-corrected chi connectivity index (χ4v) is 3.45. The van der Waals surface area contributed by atoms with E-state index in [1.54, 1.807) is 6.26 Å². The summed E-state index contributed by atoms with van der Waals surface area (Å²) < 4.78 is 21.9. The van der Waals surface area contributed by atoms with Crippen LogP contribution in [0.2, 0.25) is 0 Å². The molecule has 2 aliphatic heterocycles. The number of nitrogens with zero attached hydrogens (tertiary/aromatic N) is 1. The van der Waals surface area contributed by atoms with E-state index in [1.807, 2.05) is 52.0 Å². The molecule has 0 N–H and O–H groups in total. The van der Waals surface area contributed by atoms with E-state index in [0.717, 1.165) is 11.3 Å². The molecule has 3 rings (SSSR count). The molecule has 0 aromatic heterocycles. The van der Waals surface area contributed by atoms with Crippen LogP contribution in [-0.2, 0) is 30.2 Å². The molecule has 0 saturated heterocycles. The van der Waals surface area contributed by atoms with Gasteiger partial charge < -0.3 is 23.8 Å². The fourth-order valence-electron chi connectivity index (χ4n) is 3.45. The lowest BCUT2D eigenvalue weighted by atomic mass is 10.0. The third-order valence-corrected chi connectivity index (χ3v) is 4.84. The number of benzene rings is 1. The van der Waals surface area contributed by atoms with Crippen LogP contribution >= 0.6 is 0 Å². The number of methoxy groups -OCH3 is 1. The van der Waals surface area contributed by atoms with E-state index in [-0.39, 0.29) is 18.4 Å². The van der Waals surface area contributed by atoms with E-state index < -0.39 is 17.8 Å². The Morgan fingerprint density at radius 1 is 1.23 bits per heavy atom. The van der Waals surface area contributed by atoms with Gasteiger partial charge in [-0.25, -0.2) is 4.79 Å².